The van der Waals surface area contributed by atoms with Crippen LogP contribution in [0.3, 0.4) is 0 Å². The van der Waals surface area contributed by atoms with Gasteiger partial charge in [0, 0.05) is 25.0 Å². The zero-order valence-corrected chi connectivity index (χ0v) is 20.4. The summed E-state index contributed by atoms with van der Waals surface area (Å²) in [4.78, 5) is 22.7. The van der Waals surface area contributed by atoms with Crippen molar-refractivity contribution in [1.82, 2.24) is 19.3 Å². The molecule has 9 nitrogen and oxygen atoms in total. The number of hydrogen-bond acceptors (Lipinski definition) is 7. The third kappa shape index (κ3) is 5.01. The van der Waals surface area contributed by atoms with Gasteiger partial charge in [-0.1, -0.05) is 41.7 Å². The molecular weight excluding hydrogens is 474 g/mol. The van der Waals surface area contributed by atoms with Crippen LogP contribution in [0.1, 0.15) is 6.92 Å². The van der Waals surface area contributed by atoms with Crippen LogP contribution in [0.2, 0.25) is 0 Å². The van der Waals surface area contributed by atoms with Crippen molar-refractivity contribution in [3.05, 3.63) is 67.0 Å². The first-order valence-electron chi connectivity index (χ1n) is 10.3. The Bertz CT molecular complexity index is 1400. The largest absolute Gasteiger partial charge is 0.497 e. The molecule has 1 amide bonds. The van der Waals surface area contributed by atoms with Gasteiger partial charge in [0.15, 0.2) is 11.0 Å². The van der Waals surface area contributed by atoms with Crippen LogP contribution < -0.4 is 14.8 Å². The second-order valence-electron chi connectivity index (χ2n) is 7.43. The highest BCUT2D eigenvalue weighted by Crippen LogP contribution is 2.38. The van der Waals surface area contributed by atoms with Crippen molar-refractivity contribution in [1.29, 1.82) is 0 Å². The lowest BCUT2D eigenvalue weighted by atomic mass is 10.1. The number of methoxy groups -OCH3 is 1. The summed E-state index contributed by atoms with van der Waals surface area (Å²) >= 11 is 1.27. The Kier molecular flexibility index (Phi) is 6.77. The Hall–Kier alpha value is -3.54. The van der Waals surface area contributed by atoms with E-state index in [0.717, 1.165) is 10.4 Å². The molecule has 4 rings (SSSR count). The number of amides is 1. The minimum atomic E-state index is -3.91. The van der Waals surface area contributed by atoms with E-state index >= 15 is 0 Å². The Labute approximate surface area is 201 Å². The molecule has 1 atom stereocenters. The van der Waals surface area contributed by atoms with Crippen molar-refractivity contribution in [2.45, 2.75) is 17.9 Å². The summed E-state index contributed by atoms with van der Waals surface area (Å²) < 4.78 is 34.7. The molecule has 0 bridgehead atoms. The van der Waals surface area contributed by atoms with E-state index in [-0.39, 0.29) is 4.90 Å². The maximum Gasteiger partial charge on any atom is 0.244 e. The van der Waals surface area contributed by atoms with E-state index < -0.39 is 22.0 Å². The molecule has 0 spiro atoms. The molecule has 2 aromatic carbocycles. The number of ether oxygens (including phenoxy) is 1. The van der Waals surface area contributed by atoms with Crippen LogP contribution >= 0.6 is 11.3 Å². The van der Waals surface area contributed by atoms with Crippen LogP contribution in [0.5, 0.6) is 5.75 Å². The zero-order valence-electron chi connectivity index (χ0n) is 18.7. The monoisotopic (exact) mass is 497 g/mol. The number of aromatic nitrogens is 3. The molecule has 2 heterocycles. The van der Waals surface area contributed by atoms with E-state index in [0.29, 0.717) is 22.4 Å². The third-order valence-electron chi connectivity index (χ3n) is 5.02. The predicted molar refractivity (Wildman–Crippen MR) is 131 cm³/mol. The molecule has 0 fully saturated rings. The van der Waals surface area contributed by atoms with Crippen molar-refractivity contribution in [3.8, 4) is 27.7 Å². The molecule has 4 aromatic rings. The summed E-state index contributed by atoms with van der Waals surface area (Å²) in [5, 5.41) is 3.08. The number of aryl methyl sites for hydroxylation is 1. The highest BCUT2D eigenvalue weighted by molar-refractivity contribution is 7.89. The van der Waals surface area contributed by atoms with Gasteiger partial charge in [-0.15, -0.1) is 0 Å². The SMILES string of the molecule is COc1ccc(S(=O)(=O)N[C@@H](C)C(=O)Nc2nc(-c3ccccc3)c(-c3nccn3C)s2)cc1. The molecule has 34 heavy (non-hydrogen) atoms. The Morgan fingerprint density at radius 3 is 2.44 bits per heavy atom. The summed E-state index contributed by atoms with van der Waals surface area (Å²) in [6.45, 7) is 1.47. The number of carbonyl (C=O) groups is 1. The first kappa shape index (κ1) is 23.6. The second-order valence-corrected chi connectivity index (χ2v) is 10.1. The van der Waals surface area contributed by atoms with Crippen LogP contribution in [-0.2, 0) is 21.9 Å². The Morgan fingerprint density at radius 1 is 1.12 bits per heavy atom. The van der Waals surface area contributed by atoms with Crippen molar-refractivity contribution < 1.29 is 17.9 Å². The number of anilines is 1. The van der Waals surface area contributed by atoms with Gasteiger partial charge in [0.05, 0.1) is 28.6 Å². The minimum absolute atomic E-state index is 0.0330. The zero-order chi connectivity index (χ0) is 24.3. The normalized spacial score (nSPS) is 12.3. The predicted octanol–water partition coefficient (Wildman–Crippen LogP) is 3.52. The van der Waals surface area contributed by atoms with Gasteiger partial charge in [0.1, 0.15) is 5.75 Å². The summed E-state index contributed by atoms with van der Waals surface area (Å²) in [5.41, 5.74) is 1.56. The average molecular weight is 498 g/mol. The molecule has 176 valence electrons. The molecule has 0 saturated heterocycles. The summed E-state index contributed by atoms with van der Waals surface area (Å²) in [6.07, 6.45) is 3.52. The first-order valence-corrected chi connectivity index (χ1v) is 12.6. The average Bonchev–Trinajstić information content (AvgIpc) is 3.45. The van der Waals surface area contributed by atoms with Gasteiger partial charge in [-0.2, -0.15) is 4.72 Å². The highest BCUT2D eigenvalue weighted by atomic mass is 32.2. The lowest BCUT2D eigenvalue weighted by Gasteiger charge is -2.13. The van der Waals surface area contributed by atoms with E-state index in [4.69, 9.17) is 4.74 Å². The maximum absolute atomic E-state index is 12.8. The molecule has 0 aliphatic rings. The molecule has 2 aromatic heterocycles. The molecule has 0 saturated carbocycles. The van der Waals surface area contributed by atoms with Gasteiger partial charge in [-0.25, -0.2) is 18.4 Å². The van der Waals surface area contributed by atoms with E-state index in [1.165, 1.54) is 37.5 Å². The van der Waals surface area contributed by atoms with Gasteiger partial charge in [0.25, 0.3) is 0 Å². The minimum Gasteiger partial charge on any atom is -0.497 e. The van der Waals surface area contributed by atoms with Crippen molar-refractivity contribution >= 4 is 32.4 Å². The Balaban J connectivity index is 1.55. The van der Waals surface area contributed by atoms with Crippen molar-refractivity contribution in [3.63, 3.8) is 0 Å². The van der Waals surface area contributed by atoms with E-state index in [2.05, 4.69) is 20.0 Å². The van der Waals surface area contributed by atoms with Gasteiger partial charge in [-0.3, -0.25) is 4.79 Å². The number of hydrogen-bond donors (Lipinski definition) is 2. The van der Waals surface area contributed by atoms with Crippen LogP contribution in [0.25, 0.3) is 22.0 Å². The van der Waals surface area contributed by atoms with Gasteiger partial charge in [-0.05, 0) is 31.2 Å². The summed E-state index contributed by atoms with van der Waals surface area (Å²) in [5.74, 6) is 0.716. The number of rotatable bonds is 8. The van der Waals surface area contributed by atoms with E-state index in [1.54, 1.807) is 18.3 Å². The van der Waals surface area contributed by atoms with Crippen LogP contribution in [0, 0.1) is 0 Å². The number of nitrogens with zero attached hydrogens (tertiary/aromatic N) is 3. The maximum atomic E-state index is 12.8. The van der Waals surface area contributed by atoms with Crippen molar-refractivity contribution in [2.24, 2.45) is 7.05 Å². The lowest BCUT2D eigenvalue weighted by Crippen LogP contribution is -2.41. The molecule has 0 aliphatic heterocycles. The number of nitrogens with one attached hydrogen (secondary N) is 2. The van der Waals surface area contributed by atoms with Crippen LogP contribution in [0.4, 0.5) is 5.13 Å². The molecule has 2 N–H and O–H groups in total. The topological polar surface area (TPSA) is 115 Å². The first-order chi connectivity index (χ1) is 16.3. The van der Waals surface area contributed by atoms with E-state index in [9.17, 15) is 13.2 Å². The third-order valence-corrected chi connectivity index (χ3v) is 7.55. The fourth-order valence-corrected chi connectivity index (χ4v) is 5.46. The molecule has 0 unspecified atom stereocenters. The van der Waals surface area contributed by atoms with E-state index in [1.807, 2.05) is 48.1 Å². The molecular formula is C23H23N5O4S2. The quantitative estimate of drug-likeness (QED) is 0.385. The van der Waals surface area contributed by atoms with Gasteiger partial charge < -0.3 is 14.6 Å². The van der Waals surface area contributed by atoms with Crippen LogP contribution in [0.15, 0.2) is 71.9 Å². The second kappa shape index (κ2) is 9.75. The fourth-order valence-electron chi connectivity index (χ4n) is 3.22. The summed E-state index contributed by atoms with van der Waals surface area (Å²) in [7, 11) is -0.530. The number of sulfonamides is 1. The number of benzene rings is 2. The molecule has 11 heteroatoms. The number of thiazole rings is 1. The number of carbonyl (C=O) groups excluding carboxylic acids is 1. The molecule has 0 aliphatic carbocycles. The standard InChI is InChI=1S/C23H23N5O4S2/c1-15(27-34(30,31)18-11-9-17(32-3)10-12-18)22(29)26-23-25-19(16-7-5-4-6-8-16)20(33-23)21-24-13-14-28(21)2/h4-15,27H,1-3H3,(H,25,26,29)/t15-/m0/s1. The molecule has 0 radical (unpaired) electrons. The smallest absolute Gasteiger partial charge is 0.244 e. The lowest BCUT2D eigenvalue weighted by molar-refractivity contribution is -0.117. The number of imidazole rings is 1. The van der Waals surface area contributed by atoms with Gasteiger partial charge >= 0.3 is 0 Å². The van der Waals surface area contributed by atoms with Crippen molar-refractivity contribution in [2.75, 3.05) is 12.4 Å². The van der Waals surface area contributed by atoms with Gasteiger partial charge in [0.2, 0.25) is 15.9 Å². The Morgan fingerprint density at radius 2 is 1.82 bits per heavy atom. The fraction of sp³-hybridized carbons (Fsp3) is 0.174. The highest BCUT2D eigenvalue weighted by Gasteiger charge is 2.24. The summed E-state index contributed by atoms with van der Waals surface area (Å²) in [6, 6.07) is 14.5. The van der Waals surface area contributed by atoms with Crippen LogP contribution in [-0.4, -0.2) is 42.0 Å².